The van der Waals surface area contributed by atoms with Crippen molar-refractivity contribution in [3.8, 4) is 6.07 Å². The number of nitrogens with zero attached hydrogens (tertiary/aromatic N) is 5. The van der Waals surface area contributed by atoms with E-state index in [1.807, 2.05) is 6.07 Å². The highest BCUT2D eigenvalue weighted by molar-refractivity contribution is 5.52. The smallest absolute Gasteiger partial charge is 0.351 e. The number of halogens is 3. The Kier molecular flexibility index (Phi) is 3.85. The fourth-order valence-electron chi connectivity index (χ4n) is 2.02. The van der Waals surface area contributed by atoms with Crippen LogP contribution in [0.4, 0.5) is 19.0 Å². The normalized spacial score (nSPS) is 17.3. The Bertz CT molecular complexity index is 474. The summed E-state index contributed by atoms with van der Waals surface area (Å²) in [6.45, 7) is 0.501. The minimum atomic E-state index is -4.17. The topological polar surface area (TPSA) is 56.1 Å². The van der Waals surface area contributed by atoms with Crippen molar-refractivity contribution in [2.24, 2.45) is 0 Å². The van der Waals surface area contributed by atoms with Gasteiger partial charge in [0.05, 0.1) is 18.3 Å². The average Bonchev–Trinajstić information content (AvgIpc) is 2.38. The molecule has 0 atom stereocenters. The average molecular weight is 271 g/mol. The van der Waals surface area contributed by atoms with Crippen LogP contribution in [0.3, 0.4) is 0 Å². The Morgan fingerprint density at radius 3 is 2.53 bits per heavy atom. The molecule has 0 radical (unpaired) electrons. The van der Waals surface area contributed by atoms with Crippen LogP contribution < -0.4 is 4.90 Å². The van der Waals surface area contributed by atoms with E-state index in [4.69, 9.17) is 5.26 Å². The van der Waals surface area contributed by atoms with Crippen molar-refractivity contribution < 1.29 is 13.2 Å². The predicted molar refractivity (Wildman–Crippen MR) is 61.5 cm³/mol. The number of hydrogen-bond donors (Lipinski definition) is 0. The first-order chi connectivity index (χ1) is 8.99. The lowest BCUT2D eigenvalue weighted by atomic mass is 10.2. The van der Waals surface area contributed by atoms with E-state index in [-0.39, 0.29) is 0 Å². The second-order valence-electron chi connectivity index (χ2n) is 4.26. The molecule has 0 N–H and O–H groups in total. The van der Waals surface area contributed by atoms with Crippen LogP contribution >= 0.6 is 0 Å². The van der Waals surface area contributed by atoms with Crippen LogP contribution in [0.5, 0.6) is 0 Å². The molecule has 19 heavy (non-hydrogen) atoms. The van der Waals surface area contributed by atoms with Gasteiger partial charge in [-0.05, 0) is 6.07 Å². The third-order valence-corrected chi connectivity index (χ3v) is 2.90. The molecular weight excluding hydrogens is 259 g/mol. The maximum absolute atomic E-state index is 12.3. The molecule has 2 rings (SSSR count). The Hall–Kier alpha value is -1.88. The lowest BCUT2D eigenvalue weighted by Crippen LogP contribution is -2.49. The number of rotatable bonds is 2. The summed E-state index contributed by atoms with van der Waals surface area (Å²) in [5.74, 6) is 0.441. The molecular formula is C11H12F3N5. The first-order valence-corrected chi connectivity index (χ1v) is 5.75. The van der Waals surface area contributed by atoms with Crippen molar-refractivity contribution in [2.45, 2.75) is 6.18 Å². The number of aromatic nitrogens is 2. The van der Waals surface area contributed by atoms with Crippen molar-refractivity contribution in [1.29, 1.82) is 5.26 Å². The van der Waals surface area contributed by atoms with Crippen molar-refractivity contribution in [3.63, 3.8) is 0 Å². The monoisotopic (exact) mass is 271 g/mol. The molecule has 8 heteroatoms. The summed E-state index contributed by atoms with van der Waals surface area (Å²) in [7, 11) is 0. The maximum Gasteiger partial charge on any atom is 0.401 e. The Balaban J connectivity index is 1.99. The quantitative estimate of drug-likeness (QED) is 0.804. The highest BCUT2D eigenvalue weighted by Gasteiger charge is 2.32. The number of hydrogen-bond acceptors (Lipinski definition) is 5. The van der Waals surface area contributed by atoms with Gasteiger partial charge in [-0.2, -0.15) is 23.5 Å². The Morgan fingerprint density at radius 2 is 1.95 bits per heavy atom. The van der Waals surface area contributed by atoms with E-state index in [1.165, 1.54) is 11.1 Å². The van der Waals surface area contributed by atoms with Gasteiger partial charge in [0.25, 0.3) is 0 Å². The number of alkyl halides is 3. The SMILES string of the molecule is N#Cc1ccnnc1N1CCN(CC(F)(F)F)CC1. The lowest BCUT2D eigenvalue weighted by Gasteiger charge is -2.35. The zero-order chi connectivity index (χ0) is 13.9. The summed E-state index contributed by atoms with van der Waals surface area (Å²) in [5.41, 5.74) is 0.388. The Morgan fingerprint density at radius 1 is 1.26 bits per heavy atom. The van der Waals surface area contributed by atoms with Crippen LogP contribution in [0.1, 0.15) is 5.56 Å². The molecule has 5 nitrogen and oxygen atoms in total. The summed E-state index contributed by atoms with van der Waals surface area (Å²) >= 11 is 0. The molecule has 1 aliphatic rings. The van der Waals surface area contributed by atoms with Crippen molar-refractivity contribution in [1.82, 2.24) is 15.1 Å². The molecule has 0 spiro atoms. The maximum atomic E-state index is 12.3. The standard InChI is InChI=1S/C11H12F3N5/c12-11(13,14)8-18-3-5-19(6-4-18)10-9(7-15)1-2-16-17-10/h1-2H,3-6,8H2. The minimum absolute atomic E-state index is 0.293. The summed E-state index contributed by atoms with van der Waals surface area (Å²) in [4.78, 5) is 3.14. The fraction of sp³-hybridized carbons (Fsp3) is 0.545. The number of piperazine rings is 1. The van der Waals surface area contributed by atoms with E-state index in [1.54, 1.807) is 11.0 Å². The van der Waals surface area contributed by atoms with E-state index in [2.05, 4.69) is 10.2 Å². The molecule has 0 amide bonds. The fourth-order valence-corrected chi connectivity index (χ4v) is 2.02. The van der Waals surface area contributed by atoms with Gasteiger partial charge in [-0.1, -0.05) is 0 Å². The van der Waals surface area contributed by atoms with Gasteiger partial charge in [-0.15, -0.1) is 5.10 Å². The zero-order valence-electron chi connectivity index (χ0n) is 10.1. The van der Waals surface area contributed by atoms with Gasteiger partial charge in [-0.25, -0.2) is 0 Å². The molecule has 1 saturated heterocycles. The van der Waals surface area contributed by atoms with Crippen LogP contribution in [0.2, 0.25) is 0 Å². The molecule has 1 fully saturated rings. The second-order valence-corrected chi connectivity index (χ2v) is 4.26. The van der Waals surface area contributed by atoms with Crippen molar-refractivity contribution in [2.75, 3.05) is 37.6 Å². The van der Waals surface area contributed by atoms with Gasteiger partial charge in [0.1, 0.15) is 6.07 Å². The van der Waals surface area contributed by atoms with Gasteiger partial charge >= 0.3 is 6.18 Å². The second kappa shape index (κ2) is 5.40. The zero-order valence-corrected chi connectivity index (χ0v) is 10.1. The lowest BCUT2D eigenvalue weighted by molar-refractivity contribution is -0.146. The van der Waals surface area contributed by atoms with E-state index < -0.39 is 12.7 Å². The molecule has 0 aromatic carbocycles. The molecule has 0 saturated carbocycles. The highest BCUT2D eigenvalue weighted by atomic mass is 19.4. The van der Waals surface area contributed by atoms with E-state index in [0.717, 1.165) is 0 Å². The Labute approximate surface area is 108 Å². The van der Waals surface area contributed by atoms with E-state index >= 15 is 0 Å². The molecule has 1 aliphatic heterocycles. The van der Waals surface area contributed by atoms with Crippen LogP contribution in [-0.4, -0.2) is 54.0 Å². The molecule has 1 aromatic heterocycles. The largest absolute Gasteiger partial charge is 0.401 e. The van der Waals surface area contributed by atoms with Crippen LogP contribution in [0.15, 0.2) is 12.3 Å². The summed E-state index contributed by atoms with van der Waals surface area (Å²) in [6, 6.07) is 3.55. The molecule has 0 aliphatic carbocycles. The van der Waals surface area contributed by atoms with Gasteiger partial charge in [0, 0.05) is 26.2 Å². The molecule has 102 valence electrons. The van der Waals surface area contributed by atoms with Crippen molar-refractivity contribution in [3.05, 3.63) is 17.8 Å². The molecule has 2 heterocycles. The van der Waals surface area contributed by atoms with Gasteiger partial charge in [0.15, 0.2) is 5.82 Å². The van der Waals surface area contributed by atoms with Crippen molar-refractivity contribution >= 4 is 5.82 Å². The summed E-state index contributed by atoms with van der Waals surface area (Å²) in [5, 5.41) is 16.5. The first-order valence-electron chi connectivity index (χ1n) is 5.75. The number of anilines is 1. The van der Waals surface area contributed by atoms with Gasteiger partial charge in [-0.3, -0.25) is 4.90 Å². The molecule has 0 unspecified atom stereocenters. The predicted octanol–water partition coefficient (Wildman–Crippen LogP) is 1.03. The van der Waals surface area contributed by atoms with E-state index in [9.17, 15) is 13.2 Å². The minimum Gasteiger partial charge on any atom is -0.351 e. The van der Waals surface area contributed by atoms with Gasteiger partial charge in [0.2, 0.25) is 0 Å². The van der Waals surface area contributed by atoms with Crippen LogP contribution in [0.25, 0.3) is 0 Å². The summed E-state index contributed by atoms with van der Waals surface area (Å²) in [6.07, 6.45) is -2.76. The molecule has 0 bridgehead atoms. The van der Waals surface area contributed by atoms with Crippen LogP contribution in [-0.2, 0) is 0 Å². The third-order valence-electron chi connectivity index (χ3n) is 2.90. The molecule has 1 aromatic rings. The van der Waals surface area contributed by atoms with E-state index in [0.29, 0.717) is 37.6 Å². The number of nitriles is 1. The highest BCUT2D eigenvalue weighted by Crippen LogP contribution is 2.20. The third kappa shape index (κ3) is 3.54. The van der Waals surface area contributed by atoms with Crippen LogP contribution in [0, 0.1) is 11.3 Å². The van der Waals surface area contributed by atoms with Gasteiger partial charge < -0.3 is 4.90 Å². The summed E-state index contributed by atoms with van der Waals surface area (Å²) < 4.78 is 36.8. The first kappa shape index (κ1) is 13.5.